The number of ketones is 1. The monoisotopic (exact) mass is 229 g/mol. The molecule has 1 fully saturated rings. The first kappa shape index (κ1) is 11.0. The van der Waals surface area contributed by atoms with Gasteiger partial charge < -0.3 is 4.90 Å². The van der Waals surface area contributed by atoms with Gasteiger partial charge in [0.05, 0.1) is 0 Å². The Kier molecular flexibility index (Phi) is 2.55. The van der Waals surface area contributed by atoms with Crippen LogP contribution in [0, 0.1) is 0 Å². The van der Waals surface area contributed by atoms with Gasteiger partial charge in [0.25, 0.3) is 0 Å². The van der Waals surface area contributed by atoms with Gasteiger partial charge in [0, 0.05) is 12.0 Å². The number of benzene rings is 1. The average Bonchev–Trinajstić information content (AvgIpc) is 2.38. The molecular weight excluding hydrogens is 210 g/mol. The molecule has 2 aliphatic rings. The predicted octanol–water partition coefficient (Wildman–Crippen LogP) is 2.63. The Bertz CT molecular complexity index is 444. The second-order valence-corrected chi connectivity index (χ2v) is 5.55. The molecule has 1 saturated heterocycles. The highest BCUT2D eigenvalue weighted by Gasteiger charge is 2.40. The Morgan fingerprint density at radius 3 is 2.59 bits per heavy atom. The predicted molar refractivity (Wildman–Crippen MR) is 68.4 cm³/mol. The molecule has 1 aliphatic carbocycles. The van der Waals surface area contributed by atoms with Crippen molar-refractivity contribution in [2.75, 3.05) is 20.1 Å². The summed E-state index contributed by atoms with van der Waals surface area (Å²) in [6, 6.07) is 8.26. The van der Waals surface area contributed by atoms with E-state index in [1.54, 1.807) is 0 Å². The van der Waals surface area contributed by atoms with Gasteiger partial charge in [0.2, 0.25) is 0 Å². The van der Waals surface area contributed by atoms with Gasteiger partial charge in [-0.25, -0.2) is 0 Å². The van der Waals surface area contributed by atoms with Crippen LogP contribution < -0.4 is 0 Å². The molecular formula is C15H19NO. The molecule has 0 N–H and O–H groups in total. The molecule has 1 aromatic rings. The highest BCUT2D eigenvalue weighted by molar-refractivity contribution is 5.99. The van der Waals surface area contributed by atoms with E-state index in [0.717, 1.165) is 31.5 Å². The van der Waals surface area contributed by atoms with Crippen molar-refractivity contribution in [3.8, 4) is 0 Å². The Labute approximate surface area is 103 Å². The van der Waals surface area contributed by atoms with Crippen molar-refractivity contribution < 1.29 is 4.79 Å². The topological polar surface area (TPSA) is 20.3 Å². The van der Waals surface area contributed by atoms with E-state index in [9.17, 15) is 4.79 Å². The van der Waals surface area contributed by atoms with E-state index in [1.165, 1.54) is 18.4 Å². The van der Waals surface area contributed by atoms with Gasteiger partial charge in [0.1, 0.15) is 0 Å². The summed E-state index contributed by atoms with van der Waals surface area (Å²) in [7, 11) is 2.19. The number of rotatable bonds is 0. The third-order valence-electron chi connectivity index (χ3n) is 4.57. The summed E-state index contributed by atoms with van der Waals surface area (Å²) >= 11 is 0. The van der Waals surface area contributed by atoms with Gasteiger partial charge in [-0.05, 0) is 50.4 Å². The van der Waals surface area contributed by atoms with Crippen LogP contribution in [0.1, 0.15) is 41.6 Å². The molecule has 2 heteroatoms. The molecule has 1 aliphatic heterocycles. The van der Waals surface area contributed by atoms with Crippen molar-refractivity contribution >= 4 is 5.78 Å². The molecule has 0 saturated carbocycles. The SMILES string of the molecule is CN1CCC2(CCC(=O)c3ccccc32)CC1. The fourth-order valence-electron chi connectivity index (χ4n) is 3.38. The largest absolute Gasteiger partial charge is 0.306 e. The summed E-state index contributed by atoms with van der Waals surface area (Å²) in [5.74, 6) is 0.338. The summed E-state index contributed by atoms with van der Waals surface area (Å²) in [6.45, 7) is 2.31. The molecule has 0 bridgehead atoms. The molecule has 1 heterocycles. The third kappa shape index (κ3) is 1.71. The minimum absolute atomic E-state index is 0.289. The molecule has 0 radical (unpaired) electrons. The van der Waals surface area contributed by atoms with Crippen LogP contribution in [0.5, 0.6) is 0 Å². The van der Waals surface area contributed by atoms with Crippen LogP contribution in [-0.2, 0) is 5.41 Å². The van der Waals surface area contributed by atoms with E-state index >= 15 is 0 Å². The van der Waals surface area contributed by atoms with Crippen LogP contribution in [0.2, 0.25) is 0 Å². The maximum atomic E-state index is 12.0. The van der Waals surface area contributed by atoms with Crippen molar-refractivity contribution in [2.45, 2.75) is 31.1 Å². The fourth-order valence-corrected chi connectivity index (χ4v) is 3.38. The van der Waals surface area contributed by atoms with E-state index in [0.29, 0.717) is 5.78 Å². The molecule has 0 aromatic heterocycles. The molecule has 0 atom stereocenters. The summed E-state index contributed by atoms with van der Waals surface area (Å²) in [6.07, 6.45) is 4.19. The second-order valence-electron chi connectivity index (χ2n) is 5.55. The molecule has 0 amide bonds. The van der Waals surface area contributed by atoms with Crippen LogP contribution in [0.4, 0.5) is 0 Å². The zero-order valence-electron chi connectivity index (χ0n) is 10.4. The highest BCUT2D eigenvalue weighted by atomic mass is 16.1. The number of Topliss-reactive ketones (excluding diaryl/α,β-unsaturated/α-hetero) is 1. The van der Waals surface area contributed by atoms with Gasteiger partial charge in [-0.15, -0.1) is 0 Å². The summed E-state index contributed by atoms with van der Waals surface area (Å²) in [5, 5.41) is 0. The van der Waals surface area contributed by atoms with Crippen LogP contribution >= 0.6 is 0 Å². The number of piperidine rings is 1. The average molecular weight is 229 g/mol. The molecule has 90 valence electrons. The van der Waals surface area contributed by atoms with Crippen LogP contribution in [-0.4, -0.2) is 30.8 Å². The van der Waals surface area contributed by atoms with E-state index in [-0.39, 0.29) is 5.41 Å². The number of hydrogen-bond donors (Lipinski definition) is 0. The van der Waals surface area contributed by atoms with E-state index in [4.69, 9.17) is 0 Å². The zero-order chi connectivity index (χ0) is 11.9. The van der Waals surface area contributed by atoms with Crippen LogP contribution in [0.25, 0.3) is 0 Å². The maximum Gasteiger partial charge on any atom is 0.163 e. The minimum Gasteiger partial charge on any atom is -0.306 e. The summed E-state index contributed by atoms with van der Waals surface area (Å²) in [4.78, 5) is 14.4. The smallest absolute Gasteiger partial charge is 0.163 e. The minimum atomic E-state index is 0.289. The Hall–Kier alpha value is -1.15. The molecule has 1 spiro atoms. The Morgan fingerprint density at radius 1 is 1.12 bits per heavy atom. The van der Waals surface area contributed by atoms with Crippen LogP contribution in [0.3, 0.4) is 0 Å². The first-order valence-corrected chi connectivity index (χ1v) is 6.53. The van der Waals surface area contributed by atoms with Gasteiger partial charge in [-0.1, -0.05) is 24.3 Å². The zero-order valence-corrected chi connectivity index (χ0v) is 10.4. The summed E-state index contributed by atoms with van der Waals surface area (Å²) in [5.41, 5.74) is 2.60. The lowest BCUT2D eigenvalue weighted by Gasteiger charge is -2.44. The van der Waals surface area contributed by atoms with E-state index in [2.05, 4.69) is 24.1 Å². The second kappa shape index (κ2) is 3.95. The lowest BCUT2D eigenvalue weighted by molar-refractivity contribution is 0.0920. The molecule has 1 aromatic carbocycles. The maximum absolute atomic E-state index is 12.0. The lowest BCUT2D eigenvalue weighted by atomic mass is 9.64. The van der Waals surface area contributed by atoms with Gasteiger partial charge in [-0.2, -0.15) is 0 Å². The number of hydrogen-bond acceptors (Lipinski definition) is 2. The van der Waals surface area contributed by atoms with Crippen molar-refractivity contribution in [1.29, 1.82) is 0 Å². The molecule has 0 unspecified atom stereocenters. The number of carbonyl (C=O) groups is 1. The molecule has 17 heavy (non-hydrogen) atoms. The van der Waals surface area contributed by atoms with E-state index < -0.39 is 0 Å². The van der Waals surface area contributed by atoms with Crippen molar-refractivity contribution in [3.63, 3.8) is 0 Å². The quantitative estimate of drug-likeness (QED) is 0.681. The van der Waals surface area contributed by atoms with Gasteiger partial charge >= 0.3 is 0 Å². The molecule has 2 nitrogen and oxygen atoms in total. The van der Waals surface area contributed by atoms with Crippen molar-refractivity contribution in [2.24, 2.45) is 0 Å². The van der Waals surface area contributed by atoms with Crippen LogP contribution in [0.15, 0.2) is 24.3 Å². The fraction of sp³-hybridized carbons (Fsp3) is 0.533. The standard InChI is InChI=1S/C15H19NO/c1-16-10-8-15(9-11-16)7-6-14(17)12-4-2-3-5-13(12)15/h2-5H,6-11H2,1H3. The molecule has 3 rings (SSSR count). The highest BCUT2D eigenvalue weighted by Crippen LogP contribution is 2.44. The van der Waals surface area contributed by atoms with E-state index in [1.807, 2.05) is 12.1 Å². The number of carbonyl (C=O) groups excluding carboxylic acids is 1. The van der Waals surface area contributed by atoms with Crippen molar-refractivity contribution in [1.82, 2.24) is 4.90 Å². The van der Waals surface area contributed by atoms with Gasteiger partial charge in [-0.3, -0.25) is 4.79 Å². The Balaban J connectivity index is 2.03. The Morgan fingerprint density at radius 2 is 1.82 bits per heavy atom. The number of fused-ring (bicyclic) bond motifs is 2. The first-order chi connectivity index (χ1) is 8.21. The van der Waals surface area contributed by atoms with Crippen molar-refractivity contribution in [3.05, 3.63) is 35.4 Å². The summed E-state index contributed by atoms with van der Waals surface area (Å²) < 4.78 is 0. The normalized spacial score (nSPS) is 23.7. The number of likely N-dealkylation sites (tertiary alicyclic amines) is 1. The van der Waals surface area contributed by atoms with Gasteiger partial charge in [0.15, 0.2) is 5.78 Å². The lowest BCUT2D eigenvalue weighted by Crippen LogP contribution is -2.43. The first-order valence-electron chi connectivity index (χ1n) is 6.53. The third-order valence-corrected chi connectivity index (χ3v) is 4.57. The number of nitrogens with zero attached hydrogens (tertiary/aromatic N) is 1.